The molecule has 1 aliphatic rings. The number of hydrogen-bond acceptors (Lipinski definition) is 3. The van der Waals surface area contributed by atoms with Crippen molar-refractivity contribution >= 4 is 6.09 Å². The average Bonchev–Trinajstić information content (AvgIpc) is 2.67. The largest absolute Gasteiger partial charge is 0.444 e. The maximum Gasteiger partial charge on any atom is 0.410 e. The van der Waals surface area contributed by atoms with E-state index >= 15 is 0 Å². The highest BCUT2D eigenvalue weighted by atomic mass is 16.6. The van der Waals surface area contributed by atoms with Crippen LogP contribution in [0.4, 0.5) is 4.79 Å². The smallest absolute Gasteiger partial charge is 0.410 e. The number of nitrogens with zero attached hydrogens (tertiary/aromatic N) is 1. The van der Waals surface area contributed by atoms with Crippen LogP contribution in [-0.2, 0) is 4.74 Å². The van der Waals surface area contributed by atoms with E-state index in [4.69, 9.17) is 4.74 Å². The summed E-state index contributed by atoms with van der Waals surface area (Å²) in [5, 5.41) is 3.68. The molecule has 136 valence electrons. The third-order valence-electron chi connectivity index (χ3n) is 4.76. The molecule has 0 bridgehead atoms. The number of carbonyl (C=O) groups excluding carboxylic acids is 1. The topological polar surface area (TPSA) is 41.6 Å². The first kappa shape index (κ1) is 20.3. The minimum absolute atomic E-state index is 0.230. The summed E-state index contributed by atoms with van der Waals surface area (Å²) in [4.78, 5) is 13.6. The maximum absolute atomic E-state index is 11.9. The molecule has 23 heavy (non-hydrogen) atoms. The lowest BCUT2D eigenvalue weighted by atomic mass is 9.89. The maximum atomic E-state index is 11.9. The molecule has 0 heterocycles. The Bertz CT molecular complexity index is 350. The quantitative estimate of drug-likeness (QED) is 0.579. The highest BCUT2D eigenvalue weighted by Crippen LogP contribution is 2.28. The summed E-state index contributed by atoms with van der Waals surface area (Å²) in [7, 11) is 1.81. The van der Waals surface area contributed by atoms with E-state index in [1.54, 1.807) is 4.90 Å². The molecule has 0 spiro atoms. The van der Waals surface area contributed by atoms with Crippen molar-refractivity contribution in [2.75, 3.05) is 20.1 Å². The van der Waals surface area contributed by atoms with E-state index in [9.17, 15) is 4.79 Å². The number of ether oxygens (including phenoxy) is 1. The normalized spacial score (nSPS) is 22.7. The second-order valence-electron chi connectivity index (χ2n) is 8.42. The molecule has 0 saturated heterocycles. The predicted octanol–water partition coefficient (Wildman–Crippen LogP) is 4.44. The van der Waals surface area contributed by atoms with Crippen LogP contribution >= 0.6 is 0 Å². The highest BCUT2D eigenvalue weighted by Gasteiger charge is 2.21. The Kier molecular flexibility index (Phi) is 8.38. The number of nitrogens with one attached hydrogen (secondary N) is 1. The van der Waals surface area contributed by atoms with E-state index < -0.39 is 5.60 Å². The summed E-state index contributed by atoms with van der Waals surface area (Å²) in [6, 6.07) is 0.658. The molecule has 1 saturated carbocycles. The summed E-state index contributed by atoms with van der Waals surface area (Å²) in [6.07, 6.45) is 7.42. The summed E-state index contributed by atoms with van der Waals surface area (Å²) in [6.45, 7) is 12.1. The lowest BCUT2D eigenvalue weighted by Crippen LogP contribution is -2.36. The summed E-state index contributed by atoms with van der Waals surface area (Å²) >= 11 is 0. The van der Waals surface area contributed by atoms with Crippen molar-refractivity contribution in [1.82, 2.24) is 10.2 Å². The number of amides is 1. The molecule has 0 aromatic rings. The van der Waals surface area contributed by atoms with Gasteiger partial charge in [-0.1, -0.05) is 26.7 Å². The SMILES string of the molecule is CC(C)C1CCCC(NCCCN(C)C(=O)OC(C)(C)C)CC1. The monoisotopic (exact) mass is 326 g/mol. The third kappa shape index (κ3) is 8.59. The molecule has 0 aromatic carbocycles. The zero-order valence-electron chi connectivity index (χ0n) is 16.2. The van der Waals surface area contributed by atoms with Crippen LogP contribution in [0.2, 0.25) is 0 Å². The zero-order valence-corrected chi connectivity index (χ0v) is 16.2. The lowest BCUT2D eigenvalue weighted by molar-refractivity contribution is 0.0297. The standard InChI is InChI=1S/C19H38N2O2/c1-15(2)16-9-7-10-17(12-11-16)20-13-8-14-21(6)18(22)23-19(3,4)5/h15-17,20H,7-14H2,1-6H3. The molecule has 4 nitrogen and oxygen atoms in total. The van der Waals surface area contributed by atoms with Crippen molar-refractivity contribution in [1.29, 1.82) is 0 Å². The van der Waals surface area contributed by atoms with E-state index in [2.05, 4.69) is 19.2 Å². The van der Waals surface area contributed by atoms with Gasteiger partial charge in [0.15, 0.2) is 0 Å². The molecule has 4 heteroatoms. The van der Waals surface area contributed by atoms with Crippen molar-refractivity contribution in [3.05, 3.63) is 0 Å². The van der Waals surface area contributed by atoms with Crippen LogP contribution in [0.25, 0.3) is 0 Å². The van der Waals surface area contributed by atoms with Gasteiger partial charge in [0.05, 0.1) is 0 Å². The Morgan fingerprint density at radius 1 is 1.22 bits per heavy atom. The fourth-order valence-electron chi connectivity index (χ4n) is 3.25. The number of rotatable bonds is 6. The Labute approximate surface area is 143 Å². The van der Waals surface area contributed by atoms with Gasteiger partial charge < -0.3 is 15.0 Å². The zero-order chi connectivity index (χ0) is 17.5. The van der Waals surface area contributed by atoms with E-state index in [0.29, 0.717) is 6.04 Å². The third-order valence-corrected chi connectivity index (χ3v) is 4.76. The van der Waals surface area contributed by atoms with Gasteiger partial charge in [-0.2, -0.15) is 0 Å². The van der Waals surface area contributed by atoms with E-state index in [-0.39, 0.29) is 6.09 Å². The number of carbonyl (C=O) groups is 1. The molecular formula is C19H38N2O2. The Hall–Kier alpha value is -0.770. The molecule has 2 atom stereocenters. The molecule has 1 fully saturated rings. The minimum Gasteiger partial charge on any atom is -0.444 e. The molecular weight excluding hydrogens is 288 g/mol. The van der Waals surface area contributed by atoms with Gasteiger partial charge in [0, 0.05) is 19.6 Å². The van der Waals surface area contributed by atoms with Gasteiger partial charge in [-0.3, -0.25) is 0 Å². The number of hydrogen-bond donors (Lipinski definition) is 1. The first-order valence-corrected chi connectivity index (χ1v) is 9.36. The van der Waals surface area contributed by atoms with Crippen molar-refractivity contribution in [3.63, 3.8) is 0 Å². The fourth-order valence-corrected chi connectivity index (χ4v) is 3.25. The molecule has 1 aliphatic carbocycles. The summed E-state index contributed by atoms with van der Waals surface area (Å²) in [5.74, 6) is 1.72. The van der Waals surface area contributed by atoms with E-state index in [1.807, 2.05) is 27.8 Å². The molecule has 1 amide bonds. The van der Waals surface area contributed by atoms with Crippen LogP contribution in [-0.4, -0.2) is 42.8 Å². The summed E-state index contributed by atoms with van der Waals surface area (Å²) in [5.41, 5.74) is -0.420. The van der Waals surface area contributed by atoms with Crippen molar-refractivity contribution < 1.29 is 9.53 Å². The van der Waals surface area contributed by atoms with Gasteiger partial charge in [-0.05, 0) is 64.8 Å². The van der Waals surface area contributed by atoms with Crippen LogP contribution in [0, 0.1) is 11.8 Å². The van der Waals surface area contributed by atoms with Gasteiger partial charge in [0.25, 0.3) is 0 Å². The Balaban J connectivity index is 2.18. The average molecular weight is 327 g/mol. The predicted molar refractivity (Wildman–Crippen MR) is 96.7 cm³/mol. The first-order valence-electron chi connectivity index (χ1n) is 9.36. The molecule has 0 radical (unpaired) electrons. The van der Waals surface area contributed by atoms with Crippen LogP contribution in [0.3, 0.4) is 0 Å². The van der Waals surface area contributed by atoms with Gasteiger partial charge in [-0.25, -0.2) is 4.79 Å². The fraction of sp³-hybridized carbons (Fsp3) is 0.947. The molecule has 0 aromatic heterocycles. The van der Waals surface area contributed by atoms with Gasteiger partial charge in [0.2, 0.25) is 0 Å². The van der Waals surface area contributed by atoms with Crippen LogP contribution < -0.4 is 5.32 Å². The van der Waals surface area contributed by atoms with E-state index in [1.165, 1.54) is 32.1 Å². The first-order chi connectivity index (χ1) is 10.7. The second-order valence-corrected chi connectivity index (χ2v) is 8.42. The molecule has 2 unspecified atom stereocenters. The van der Waals surface area contributed by atoms with Crippen molar-refractivity contribution in [2.24, 2.45) is 11.8 Å². The molecule has 0 aliphatic heterocycles. The Morgan fingerprint density at radius 3 is 2.52 bits per heavy atom. The van der Waals surface area contributed by atoms with Gasteiger partial charge in [0.1, 0.15) is 5.60 Å². The summed E-state index contributed by atoms with van der Waals surface area (Å²) < 4.78 is 5.36. The van der Waals surface area contributed by atoms with Crippen LogP contribution in [0.15, 0.2) is 0 Å². The van der Waals surface area contributed by atoms with Crippen molar-refractivity contribution in [2.45, 2.75) is 84.8 Å². The van der Waals surface area contributed by atoms with E-state index in [0.717, 1.165) is 31.3 Å². The lowest BCUT2D eigenvalue weighted by Gasteiger charge is -2.25. The molecule has 1 N–H and O–H groups in total. The highest BCUT2D eigenvalue weighted by molar-refractivity contribution is 5.67. The minimum atomic E-state index is -0.420. The van der Waals surface area contributed by atoms with Crippen LogP contribution in [0.1, 0.15) is 73.1 Å². The van der Waals surface area contributed by atoms with Crippen molar-refractivity contribution in [3.8, 4) is 0 Å². The Morgan fingerprint density at radius 2 is 1.91 bits per heavy atom. The second kappa shape index (κ2) is 9.51. The van der Waals surface area contributed by atoms with Gasteiger partial charge >= 0.3 is 6.09 Å². The molecule has 1 rings (SSSR count). The van der Waals surface area contributed by atoms with Gasteiger partial charge in [-0.15, -0.1) is 0 Å². The van der Waals surface area contributed by atoms with Crippen LogP contribution in [0.5, 0.6) is 0 Å².